The summed E-state index contributed by atoms with van der Waals surface area (Å²) in [5.74, 6) is 0.625. The van der Waals surface area contributed by atoms with Gasteiger partial charge in [-0.15, -0.1) is 0 Å². The van der Waals surface area contributed by atoms with E-state index >= 15 is 0 Å². The zero-order chi connectivity index (χ0) is 5.82. The first kappa shape index (κ1) is 5.24. The molecule has 0 saturated heterocycles. The molecular weight excluding hydrogens is 106 g/mol. The normalized spacial score (nSPS) is 9.62. The smallest absolute Gasteiger partial charge is 0.175 e. The van der Waals surface area contributed by atoms with E-state index in [9.17, 15) is 0 Å². The van der Waals surface area contributed by atoms with E-state index in [2.05, 4.69) is 27.0 Å². The Hall–Kier alpha value is -0.900. The molecule has 8 heavy (non-hydrogen) atoms. The number of aromatic nitrogens is 3. The fourth-order valence-corrected chi connectivity index (χ4v) is 0.396. The van der Waals surface area contributed by atoms with Gasteiger partial charge in [-0.25, -0.2) is 4.98 Å². The highest BCUT2D eigenvalue weighted by atomic mass is 16.5. The maximum atomic E-state index is 4.49. The van der Waals surface area contributed by atoms with Crippen molar-refractivity contribution in [3.05, 3.63) is 19.3 Å². The van der Waals surface area contributed by atoms with E-state index in [1.54, 1.807) is 0 Å². The van der Waals surface area contributed by atoms with Gasteiger partial charge in [0.15, 0.2) is 5.82 Å². The summed E-state index contributed by atoms with van der Waals surface area (Å²) in [4.78, 5) is 3.77. The van der Waals surface area contributed by atoms with Crippen molar-refractivity contribution in [2.75, 3.05) is 0 Å². The Balaban J connectivity index is 2.50. The summed E-state index contributed by atoms with van der Waals surface area (Å²) in [6.45, 7) is 0.365. The number of H-pyrrole nitrogens is 1. The van der Waals surface area contributed by atoms with Crippen LogP contribution >= 0.6 is 0 Å². The van der Waals surface area contributed by atoms with Crippen molar-refractivity contribution in [2.24, 2.45) is 0 Å². The molecule has 0 spiro atoms. The van der Waals surface area contributed by atoms with Crippen LogP contribution in [0.2, 0.25) is 0 Å². The average Bonchev–Trinajstić information content (AvgIpc) is 2.19. The average molecular weight is 112 g/mol. The van der Waals surface area contributed by atoms with Crippen LogP contribution in [-0.2, 0) is 11.3 Å². The van der Waals surface area contributed by atoms with E-state index < -0.39 is 0 Å². The quantitative estimate of drug-likeness (QED) is 0.590. The van der Waals surface area contributed by atoms with Gasteiger partial charge >= 0.3 is 0 Å². The Kier molecular flexibility index (Phi) is 1.58. The van der Waals surface area contributed by atoms with Crippen molar-refractivity contribution < 1.29 is 4.74 Å². The summed E-state index contributed by atoms with van der Waals surface area (Å²) < 4.78 is 4.49. The molecule has 1 aromatic heterocycles. The molecule has 0 aromatic carbocycles. The van der Waals surface area contributed by atoms with Gasteiger partial charge in [-0.05, 0) is 0 Å². The van der Waals surface area contributed by atoms with E-state index in [1.807, 2.05) is 0 Å². The second-order valence-corrected chi connectivity index (χ2v) is 1.26. The van der Waals surface area contributed by atoms with E-state index in [0.717, 1.165) is 0 Å². The van der Waals surface area contributed by atoms with Gasteiger partial charge in [-0.1, -0.05) is 0 Å². The van der Waals surface area contributed by atoms with E-state index in [-0.39, 0.29) is 0 Å². The third-order valence-electron chi connectivity index (χ3n) is 0.696. The Morgan fingerprint density at radius 3 is 3.25 bits per heavy atom. The van der Waals surface area contributed by atoms with Crippen molar-refractivity contribution in [3.8, 4) is 0 Å². The van der Waals surface area contributed by atoms with Gasteiger partial charge < -0.3 is 4.74 Å². The van der Waals surface area contributed by atoms with Gasteiger partial charge in [-0.3, -0.25) is 5.10 Å². The lowest BCUT2D eigenvalue weighted by Crippen LogP contribution is -1.87. The van der Waals surface area contributed by atoms with Crippen LogP contribution in [0, 0.1) is 7.11 Å². The van der Waals surface area contributed by atoms with Crippen LogP contribution in [0.25, 0.3) is 0 Å². The Labute approximate surface area is 46.9 Å². The number of hydrogen-bond donors (Lipinski definition) is 1. The van der Waals surface area contributed by atoms with Crippen LogP contribution in [0.15, 0.2) is 6.33 Å². The highest BCUT2D eigenvalue weighted by Gasteiger charge is 1.90. The molecule has 1 N–H and O–H groups in total. The molecule has 4 heteroatoms. The van der Waals surface area contributed by atoms with Crippen LogP contribution < -0.4 is 0 Å². The Bertz CT molecular complexity index is 137. The molecule has 0 saturated carbocycles. The minimum atomic E-state index is 0.365. The molecule has 0 atom stereocenters. The SMILES string of the molecule is [CH2]OCc1nc[nH]n1. The van der Waals surface area contributed by atoms with Crippen LogP contribution in [-0.4, -0.2) is 15.2 Å². The van der Waals surface area contributed by atoms with Gasteiger partial charge in [0.2, 0.25) is 0 Å². The molecule has 0 fully saturated rings. The fraction of sp³-hybridized carbons (Fsp3) is 0.250. The molecule has 0 unspecified atom stereocenters. The summed E-state index contributed by atoms with van der Waals surface area (Å²) in [6, 6.07) is 0. The summed E-state index contributed by atoms with van der Waals surface area (Å²) in [7, 11) is 3.17. The third kappa shape index (κ3) is 1.04. The van der Waals surface area contributed by atoms with Crippen molar-refractivity contribution >= 4 is 0 Å². The molecule has 0 amide bonds. The number of ether oxygens (including phenoxy) is 1. The molecular formula is C4H6N3O. The van der Waals surface area contributed by atoms with Gasteiger partial charge in [0.05, 0.1) is 7.11 Å². The van der Waals surface area contributed by atoms with Gasteiger partial charge in [0.1, 0.15) is 12.9 Å². The molecule has 0 aliphatic heterocycles. The van der Waals surface area contributed by atoms with E-state index in [0.29, 0.717) is 12.4 Å². The lowest BCUT2D eigenvalue weighted by atomic mass is 10.7. The maximum absolute atomic E-state index is 4.49. The zero-order valence-electron chi connectivity index (χ0n) is 4.29. The molecule has 0 aliphatic carbocycles. The predicted octanol–water partition coefficient (Wildman–Crippen LogP) is 0.113. The number of rotatable bonds is 2. The Morgan fingerprint density at radius 1 is 1.88 bits per heavy atom. The highest BCUT2D eigenvalue weighted by molar-refractivity contribution is 4.74. The van der Waals surface area contributed by atoms with E-state index in [1.165, 1.54) is 6.33 Å². The van der Waals surface area contributed by atoms with Gasteiger partial charge in [0, 0.05) is 0 Å². The third-order valence-corrected chi connectivity index (χ3v) is 0.696. The summed E-state index contributed by atoms with van der Waals surface area (Å²) in [6.07, 6.45) is 1.49. The summed E-state index contributed by atoms with van der Waals surface area (Å²) >= 11 is 0. The monoisotopic (exact) mass is 112 g/mol. The molecule has 1 aromatic rings. The highest BCUT2D eigenvalue weighted by Crippen LogP contribution is 1.85. The molecule has 1 rings (SSSR count). The molecule has 1 heterocycles. The minimum absolute atomic E-state index is 0.365. The van der Waals surface area contributed by atoms with Crippen LogP contribution in [0.5, 0.6) is 0 Å². The number of aromatic amines is 1. The van der Waals surface area contributed by atoms with Crippen molar-refractivity contribution in [1.82, 2.24) is 15.2 Å². The van der Waals surface area contributed by atoms with Crippen LogP contribution in [0.4, 0.5) is 0 Å². The number of nitrogens with one attached hydrogen (secondary N) is 1. The lowest BCUT2D eigenvalue weighted by molar-refractivity contribution is 0.221. The van der Waals surface area contributed by atoms with E-state index in [4.69, 9.17) is 0 Å². The standard InChI is InChI=1S/C4H6N3O/c1-8-2-4-5-3-6-7-4/h3H,1-2H2,(H,5,6,7). The Morgan fingerprint density at radius 2 is 2.75 bits per heavy atom. The van der Waals surface area contributed by atoms with Crippen molar-refractivity contribution in [1.29, 1.82) is 0 Å². The first-order valence-corrected chi connectivity index (χ1v) is 2.15. The number of hydrogen-bond acceptors (Lipinski definition) is 3. The molecule has 43 valence electrons. The van der Waals surface area contributed by atoms with Crippen LogP contribution in [0.1, 0.15) is 5.82 Å². The first-order chi connectivity index (χ1) is 3.93. The second-order valence-electron chi connectivity index (χ2n) is 1.26. The summed E-state index contributed by atoms with van der Waals surface area (Å²) in [5.41, 5.74) is 0. The maximum Gasteiger partial charge on any atom is 0.175 e. The second kappa shape index (κ2) is 2.42. The first-order valence-electron chi connectivity index (χ1n) is 2.15. The zero-order valence-corrected chi connectivity index (χ0v) is 4.29. The fourth-order valence-electron chi connectivity index (χ4n) is 0.396. The molecule has 0 aliphatic rings. The van der Waals surface area contributed by atoms with Gasteiger partial charge in [-0.2, -0.15) is 5.10 Å². The summed E-state index contributed by atoms with van der Waals surface area (Å²) in [5, 5.41) is 6.25. The molecule has 1 radical (unpaired) electrons. The van der Waals surface area contributed by atoms with Gasteiger partial charge in [0.25, 0.3) is 0 Å². The largest absolute Gasteiger partial charge is 0.371 e. The predicted molar refractivity (Wildman–Crippen MR) is 26.5 cm³/mol. The number of nitrogens with zero attached hydrogens (tertiary/aromatic N) is 2. The topological polar surface area (TPSA) is 50.8 Å². The molecule has 0 bridgehead atoms. The lowest BCUT2D eigenvalue weighted by Gasteiger charge is -1.85. The minimum Gasteiger partial charge on any atom is -0.371 e. The van der Waals surface area contributed by atoms with Crippen molar-refractivity contribution in [3.63, 3.8) is 0 Å². The van der Waals surface area contributed by atoms with Crippen LogP contribution in [0.3, 0.4) is 0 Å². The molecule has 4 nitrogen and oxygen atoms in total. The van der Waals surface area contributed by atoms with Crippen molar-refractivity contribution in [2.45, 2.75) is 6.61 Å².